The molecule has 2 rings (SSSR count). The van der Waals surface area contributed by atoms with E-state index in [2.05, 4.69) is 0 Å². The second kappa shape index (κ2) is 6.86. The molecule has 0 aliphatic rings. The van der Waals surface area contributed by atoms with Crippen molar-refractivity contribution in [1.29, 1.82) is 0 Å². The average Bonchev–Trinajstić information content (AvgIpc) is 2.49. The molecule has 0 unspecified atom stereocenters. The number of hydrogen-bond acceptors (Lipinski definition) is 1. The summed E-state index contributed by atoms with van der Waals surface area (Å²) in [5.74, 6) is -0.0702. The van der Waals surface area contributed by atoms with E-state index in [9.17, 15) is 18.0 Å². The number of hydrogen-bond donors (Lipinski definition) is 0. The number of carbonyl (C=O) groups is 1. The standard InChI is InChI=1S/C18H18F3NO/c1-13-5-3-4-6-15(13)11-17(23)22(2)12-14-7-9-16(10-8-14)18(19,20)21/h3-10H,11-12H2,1-2H3. The van der Waals surface area contributed by atoms with Crippen molar-refractivity contribution in [3.8, 4) is 0 Å². The van der Waals surface area contributed by atoms with E-state index in [0.717, 1.165) is 23.3 Å². The lowest BCUT2D eigenvalue weighted by Gasteiger charge is -2.18. The molecular weight excluding hydrogens is 303 g/mol. The summed E-state index contributed by atoms with van der Waals surface area (Å²) in [4.78, 5) is 13.8. The normalized spacial score (nSPS) is 11.3. The van der Waals surface area contributed by atoms with Gasteiger partial charge in [0.15, 0.2) is 0 Å². The first-order valence-corrected chi connectivity index (χ1v) is 7.22. The molecule has 2 aromatic rings. The van der Waals surface area contributed by atoms with Gasteiger partial charge in [0.2, 0.25) is 5.91 Å². The molecule has 0 fully saturated rings. The molecule has 0 N–H and O–H groups in total. The zero-order chi connectivity index (χ0) is 17.0. The summed E-state index contributed by atoms with van der Waals surface area (Å²) in [6.45, 7) is 2.22. The van der Waals surface area contributed by atoms with Crippen molar-refractivity contribution in [2.24, 2.45) is 0 Å². The minimum absolute atomic E-state index is 0.0702. The van der Waals surface area contributed by atoms with Crippen LogP contribution in [0.5, 0.6) is 0 Å². The van der Waals surface area contributed by atoms with Crippen molar-refractivity contribution >= 4 is 5.91 Å². The number of rotatable bonds is 4. The van der Waals surface area contributed by atoms with E-state index >= 15 is 0 Å². The summed E-state index contributed by atoms with van der Waals surface area (Å²) in [6.07, 6.45) is -4.06. The highest BCUT2D eigenvalue weighted by molar-refractivity contribution is 5.78. The van der Waals surface area contributed by atoms with Gasteiger partial charge >= 0.3 is 6.18 Å². The first-order chi connectivity index (χ1) is 10.8. The Morgan fingerprint density at radius 1 is 1.04 bits per heavy atom. The molecule has 0 saturated carbocycles. The third-order valence-corrected chi connectivity index (χ3v) is 3.73. The van der Waals surface area contributed by atoms with Gasteiger partial charge in [-0.2, -0.15) is 13.2 Å². The van der Waals surface area contributed by atoms with Gasteiger partial charge in [-0.25, -0.2) is 0 Å². The first-order valence-electron chi connectivity index (χ1n) is 7.22. The van der Waals surface area contributed by atoms with Crippen molar-refractivity contribution in [3.05, 3.63) is 70.8 Å². The first kappa shape index (κ1) is 17.1. The van der Waals surface area contributed by atoms with Crippen LogP contribution in [0.4, 0.5) is 13.2 Å². The number of nitrogens with zero attached hydrogens (tertiary/aromatic N) is 1. The van der Waals surface area contributed by atoms with Crippen LogP contribution in [0.15, 0.2) is 48.5 Å². The highest BCUT2D eigenvalue weighted by Crippen LogP contribution is 2.29. The minimum Gasteiger partial charge on any atom is -0.341 e. The third kappa shape index (κ3) is 4.58. The molecule has 0 radical (unpaired) electrons. The molecule has 0 aliphatic heterocycles. The van der Waals surface area contributed by atoms with Gasteiger partial charge in [0.25, 0.3) is 0 Å². The van der Waals surface area contributed by atoms with Gasteiger partial charge in [0, 0.05) is 13.6 Å². The summed E-state index contributed by atoms with van der Waals surface area (Å²) >= 11 is 0. The Kier molecular flexibility index (Phi) is 5.08. The zero-order valence-corrected chi connectivity index (χ0v) is 13.0. The predicted molar refractivity (Wildman–Crippen MR) is 82.8 cm³/mol. The van der Waals surface area contributed by atoms with Gasteiger partial charge in [0.05, 0.1) is 12.0 Å². The summed E-state index contributed by atoms with van der Waals surface area (Å²) in [5, 5.41) is 0. The second-order valence-electron chi connectivity index (χ2n) is 5.55. The number of carbonyl (C=O) groups excluding carboxylic acids is 1. The lowest BCUT2D eigenvalue weighted by Crippen LogP contribution is -2.28. The van der Waals surface area contributed by atoms with Gasteiger partial charge in [0.1, 0.15) is 0 Å². The quantitative estimate of drug-likeness (QED) is 0.826. The Morgan fingerprint density at radius 3 is 2.22 bits per heavy atom. The third-order valence-electron chi connectivity index (χ3n) is 3.73. The molecule has 23 heavy (non-hydrogen) atoms. The van der Waals surface area contributed by atoms with E-state index in [0.29, 0.717) is 5.56 Å². The smallest absolute Gasteiger partial charge is 0.341 e. The fourth-order valence-electron chi connectivity index (χ4n) is 2.27. The molecule has 0 atom stereocenters. The molecule has 5 heteroatoms. The Hall–Kier alpha value is -2.30. The van der Waals surface area contributed by atoms with Crippen LogP contribution in [0.3, 0.4) is 0 Å². The molecule has 122 valence electrons. The average molecular weight is 321 g/mol. The van der Waals surface area contributed by atoms with Crippen LogP contribution in [-0.2, 0) is 23.9 Å². The number of amides is 1. The van der Waals surface area contributed by atoms with Crippen molar-refractivity contribution in [3.63, 3.8) is 0 Å². The topological polar surface area (TPSA) is 20.3 Å². The minimum atomic E-state index is -4.34. The fraction of sp³-hybridized carbons (Fsp3) is 0.278. The van der Waals surface area contributed by atoms with E-state index in [1.54, 1.807) is 7.05 Å². The Bertz CT molecular complexity index is 677. The highest BCUT2D eigenvalue weighted by Gasteiger charge is 2.29. The van der Waals surface area contributed by atoms with Crippen molar-refractivity contribution in [2.45, 2.75) is 26.1 Å². The van der Waals surface area contributed by atoms with Gasteiger partial charge < -0.3 is 4.90 Å². The second-order valence-corrected chi connectivity index (χ2v) is 5.55. The number of alkyl halides is 3. The van der Waals surface area contributed by atoms with Crippen LogP contribution in [0.25, 0.3) is 0 Å². The van der Waals surface area contributed by atoms with Crippen LogP contribution in [0.2, 0.25) is 0 Å². The largest absolute Gasteiger partial charge is 0.416 e. The van der Waals surface area contributed by atoms with Gasteiger partial charge in [-0.15, -0.1) is 0 Å². The Balaban J connectivity index is 2.00. The summed E-state index contributed by atoms with van der Waals surface area (Å²) in [7, 11) is 1.65. The van der Waals surface area contributed by atoms with Crippen molar-refractivity contribution in [1.82, 2.24) is 4.90 Å². The fourth-order valence-corrected chi connectivity index (χ4v) is 2.27. The molecule has 0 aliphatic carbocycles. The van der Waals surface area contributed by atoms with Gasteiger partial charge in [-0.05, 0) is 35.7 Å². The number of benzene rings is 2. The monoisotopic (exact) mass is 321 g/mol. The predicted octanol–water partition coefficient (Wildman–Crippen LogP) is 4.21. The molecular formula is C18H18F3NO. The zero-order valence-electron chi connectivity index (χ0n) is 13.0. The molecule has 0 aromatic heterocycles. The molecule has 0 saturated heterocycles. The summed E-state index contributed by atoms with van der Waals surface area (Å²) in [6, 6.07) is 12.5. The van der Waals surface area contributed by atoms with Crippen molar-refractivity contribution < 1.29 is 18.0 Å². The molecule has 2 nitrogen and oxygen atoms in total. The number of aryl methyl sites for hydroxylation is 1. The van der Waals surface area contributed by atoms with E-state index in [1.165, 1.54) is 17.0 Å². The highest BCUT2D eigenvalue weighted by atomic mass is 19.4. The molecule has 2 aromatic carbocycles. The SMILES string of the molecule is Cc1ccccc1CC(=O)N(C)Cc1ccc(C(F)(F)F)cc1. The lowest BCUT2D eigenvalue weighted by atomic mass is 10.1. The van der Waals surface area contributed by atoms with Gasteiger partial charge in [-0.3, -0.25) is 4.79 Å². The number of halogens is 3. The maximum atomic E-state index is 12.5. The van der Waals surface area contributed by atoms with E-state index in [1.807, 2.05) is 31.2 Å². The van der Waals surface area contributed by atoms with Gasteiger partial charge in [-0.1, -0.05) is 36.4 Å². The van der Waals surface area contributed by atoms with Crippen LogP contribution in [-0.4, -0.2) is 17.9 Å². The maximum Gasteiger partial charge on any atom is 0.416 e. The van der Waals surface area contributed by atoms with E-state index < -0.39 is 11.7 Å². The molecule has 0 heterocycles. The Labute approximate surface area is 133 Å². The summed E-state index contributed by atoms with van der Waals surface area (Å²) in [5.41, 5.74) is 1.98. The van der Waals surface area contributed by atoms with E-state index in [4.69, 9.17) is 0 Å². The molecule has 1 amide bonds. The van der Waals surface area contributed by atoms with Crippen molar-refractivity contribution in [2.75, 3.05) is 7.05 Å². The summed E-state index contributed by atoms with van der Waals surface area (Å²) < 4.78 is 37.6. The Morgan fingerprint density at radius 2 is 1.65 bits per heavy atom. The van der Waals surface area contributed by atoms with Crippen LogP contribution in [0, 0.1) is 6.92 Å². The maximum absolute atomic E-state index is 12.5. The van der Waals surface area contributed by atoms with Crippen LogP contribution < -0.4 is 0 Å². The van der Waals surface area contributed by atoms with E-state index in [-0.39, 0.29) is 18.9 Å². The lowest BCUT2D eigenvalue weighted by molar-refractivity contribution is -0.137. The van der Waals surface area contributed by atoms with Crippen LogP contribution in [0.1, 0.15) is 22.3 Å². The molecule has 0 bridgehead atoms. The number of likely N-dealkylation sites (N-methyl/N-ethyl adjacent to an activating group) is 1. The molecule has 0 spiro atoms. The van der Waals surface area contributed by atoms with Crippen LogP contribution >= 0.6 is 0 Å².